The number of anilines is 1. The molecule has 0 radical (unpaired) electrons. The number of carbonyl (C=O) groups excluding carboxylic acids is 2. The Morgan fingerprint density at radius 3 is 3.00 bits per heavy atom. The van der Waals surface area contributed by atoms with Gasteiger partial charge in [0.25, 0.3) is 0 Å². The maximum Gasteiger partial charge on any atom is 0.307 e. The van der Waals surface area contributed by atoms with Gasteiger partial charge in [-0.2, -0.15) is 0 Å². The number of amides is 1. The summed E-state index contributed by atoms with van der Waals surface area (Å²) in [6, 6.07) is 7.77. The fraction of sp³-hybridized carbons (Fsp3) is 0.429. The zero-order valence-corrected chi connectivity index (χ0v) is 10.9. The molecule has 0 aliphatic carbocycles. The van der Waals surface area contributed by atoms with Crippen molar-refractivity contribution in [3.8, 4) is 0 Å². The molecule has 0 aromatic heterocycles. The van der Waals surface area contributed by atoms with Crippen molar-refractivity contribution < 1.29 is 14.3 Å². The first-order valence-electron chi connectivity index (χ1n) is 6.48. The molecule has 1 atom stereocenters. The molecule has 1 aliphatic rings. The molecule has 102 valence electrons. The van der Waals surface area contributed by atoms with Gasteiger partial charge in [0, 0.05) is 18.8 Å². The van der Waals surface area contributed by atoms with Crippen LogP contribution in [0.15, 0.2) is 24.3 Å². The molecular weight excluding hydrogens is 244 g/mol. The van der Waals surface area contributed by atoms with Crippen molar-refractivity contribution in [1.82, 2.24) is 5.32 Å². The third kappa shape index (κ3) is 3.24. The molecule has 0 fully saturated rings. The number of ether oxygens (including phenoxy) is 1. The van der Waals surface area contributed by atoms with Crippen LogP contribution in [0.5, 0.6) is 0 Å². The number of fused-ring (bicyclic) bond motifs is 1. The van der Waals surface area contributed by atoms with Gasteiger partial charge in [-0.15, -0.1) is 0 Å². The van der Waals surface area contributed by atoms with Gasteiger partial charge in [0.2, 0.25) is 5.91 Å². The van der Waals surface area contributed by atoms with Crippen molar-refractivity contribution in [2.24, 2.45) is 0 Å². The minimum Gasteiger partial charge on any atom is -0.466 e. The highest BCUT2D eigenvalue weighted by molar-refractivity contribution is 5.88. The maximum atomic E-state index is 12.0. The number of carbonyl (C=O) groups is 2. The molecular formula is C14H18N2O3. The second kappa shape index (κ2) is 6.22. The van der Waals surface area contributed by atoms with Crippen LogP contribution in [0.3, 0.4) is 0 Å². The van der Waals surface area contributed by atoms with Gasteiger partial charge in [-0.1, -0.05) is 18.2 Å². The number of hydrogen-bond donors (Lipinski definition) is 2. The summed E-state index contributed by atoms with van der Waals surface area (Å²) in [6.07, 6.45) is 0.210. The van der Waals surface area contributed by atoms with E-state index in [1.54, 1.807) is 6.92 Å². The van der Waals surface area contributed by atoms with Gasteiger partial charge in [0.05, 0.1) is 18.9 Å². The number of esters is 1. The summed E-state index contributed by atoms with van der Waals surface area (Å²) in [4.78, 5) is 23.2. The fourth-order valence-corrected chi connectivity index (χ4v) is 2.16. The lowest BCUT2D eigenvalue weighted by Gasteiger charge is -2.10. The summed E-state index contributed by atoms with van der Waals surface area (Å²) >= 11 is 0. The van der Waals surface area contributed by atoms with Gasteiger partial charge in [-0.3, -0.25) is 9.59 Å². The van der Waals surface area contributed by atoms with Crippen molar-refractivity contribution in [3.63, 3.8) is 0 Å². The van der Waals surface area contributed by atoms with Crippen molar-refractivity contribution in [2.45, 2.75) is 19.3 Å². The summed E-state index contributed by atoms with van der Waals surface area (Å²) in [6.45, 7) is 3.05. The van der Waals surface area contributed by atoms with E-state index < -0.39 is 0 Å². The molecule has 1 unspecified atom stereocenters. The Kier molecular flexibility index (Phi) is 4.39. The first-order chi connectivity index (χ1) is 9.22. The standard InChI is InChI=1S/C14H18N2O3/c1-2-19-13(17)7-8-15-14(18)11-9-16-12-6-4-3-5-10(11)12/h3-6,11,16H,2,7-9H2,1H3,(H,15,18). The zero-order valence-electron chi connectivity index (χ0n) is 10.9. The lowest BCUT2D eigenvalue weighted by molar-refractivity contribution is -0.143. The molecule has 5 heteroatoms. The van der Waals surface area contributed by atoms with Crippen LogP contribution in [-0.4, -0.2) is 31.6 Å². The summed E-state index contributed by atoms with van der Waals surface area (Å²) < 4.78 is 4.80. The molecule has 1 heterocycles. The Hall–Kier alpha value is -2.04. The Morgan fingerprint density at radius 1 is 1.42 bits per heavy atom. The monoisotopic (exact) mass is 262 g/mol. The highest BCUT2D eigenvalue weighted by Gasteiger charge is 2.27. The van der Waals surface area contributed by atoms with Crippen molar-refractivity contribution in [1.29, 1.82) is 0 Å². The molecule has 0 saturated heterocycles. The topological polar surface area (TPSA) is 67.4 Å². The van der Waals surface area contributed by atoms with Crippen LogP contribution < -0.4 is 10.6 Å². The lowest BCUT2D eigenvalue weighted by Crippen LogP contribution is -2.32. The summed E-state index contributed by atoms with van der Waals surface area (Å²) in [7, 11) is 0. The number of para-hydroxylation sites is 1. The van der Waals surface area contributed by atoms with Gasteiger partial charge in [0.1, 0.15) is 0 Å². The first-order valence-corrected chi connectivity index (χ1v) is 6.48. The molecule has 1 aromatic carbocycles. The highest BCUT2D eigenvalue weighted by Crippen LogP contribution is 2.30. The third-order valence-electron chi connectivity index (χ3n) is 3.08. The van der Waals surface area contributed by atoms with Gasteiger partial charge < -0.3 is 15.4 Å². The average molecular weight is 262 g/mol. The normalized spacial score (nSPS) is 16.4. The Bertz CT molecular complexity index is 474. The van der Waals surface area contributed by atoms with E-state index in [0.717, 1.165) is 11.3 Å². The number of nitrogens with one attached hydrogen (secondary N) is 2. The predicted molar refractivity (Wildman–Crippen MR) is 71.9 cm³/mol. The number of hydrogen-bond acceptors (Lipinski definition) is 4. The van der Waals surface area contributed by atoms with Crippen molar-refractivity contribution in [2.75, 3.05) is 25.0 Å². The molecule has 2 rings (SSSR count). The minimum absolute atomic E-state index is 0.0539. The number of benzene rings is 1. The molecule has 0 bridgehead atoms. The maximum absolute atomic E-state index is 12.0. The molecule has 1 aliphatic heterocycles. The predicted octanol–water partition coefficient (Wildman–Crippen LogP) is 1.27. The Balaban J connectivity index is 1.83. The van der Waals surface area contributed by atoms with E-state index in [1.165, 1.54) is 0 Å². The van der Waals surface area contributed by atoms with Crippen LogP contribution in [0.25, 0.3) is 0 Å². The quantitative estimate of drug-likeness (QED) is 0.784. The smallest absolute Gasteiger partial charge is 0.307 e. The zero-order chi connectivity index (χ0) is 13.7. The van der Waals surface area contributed by atoms with E-state index in [4.69, 9.17) is 4.74 Å². The van der Waals surface area contributed by atoms with Crippen LogP contribution >= 0.6 is 0 Å². The summed E-state index contributed by atoms with van der Waals surface area (Å²) in [5.41, 5.74) is 2.02. The van der Waals surface area contributed by atoms with Crippen LogP contribution in [0, 0.1) is 0 Å². The summed E-state index contributed by atoms with van der Waals surface area (Å²) in [5.74, 6) is -0.520. The second-order valence-corrected chi connectivity index (χ2v) is 4.37. The fourth-order valence-electron chi connectivity index (χ4n) is 2.16. The van der Waals surface area contributed by atoms with Gasteiger partial charge in [-0.05, 0) is 18.6 Å². The van der Waals surface area contributed by atoms with E-state index >= 15 is 0 Å². The first kappa shape index (κ1) is 13.4. The molecule has 2 N–H and O–H groups in total. The molecule has 0 saturated carbocycles. The van der Waals surface area contributed by atoms with E-state index in [9.17, 15) is 9.59 Å². The van der Waals surface area contributed by atoms with Crippen molar-refractivity contribution >= 4 is 17.6 Å². The van der Waals surface area contributed by atoms with Crippen LogP contribution in [0.1, 0.15) is 24.8 Å². The largest absolute Gasteiger partial charge is 0.466 e. The molecule has 0 spiro atoms. The molecule has 1 amide bonds. The molecule has 1 aromatic rings. The van der Waals surface area contributed by atoms with E-state index in [2.05, 4.69) is 10.6 Å². The average Bonchev–Trinajstić information content (AvgIpc) is 2.82. The van der Waals surface area contributed by atoms with Crippen molar-refractivity contribution in [3.05, 3.63) is 29.8 Å². The molecule has 5 nitrogen and oxygen atoms in total. The van der Waals surface area contributed by atoms with Gasteiger partial charge in [0.15, 0.2) is 0 Å². The molecule has 19 heavy (non-hydrogen) atoms. The van der Waals surface area contributed by atoms with Crippen LogP contribution in [0.4, 0.5) is 5.69 Å². The lowest BCUT2D eigenvalue weighted by atomic mass is 10.0. The SMILES string of the molecule is CCOC(=O)CCNC(=O)C1CNc2ccccc21. The van der Waals surface area contributed by atoms with Gasteiger partial charge >= 0.3 is 5.97 Å². The van der Waals surface area contributed by atoms with E-state index in [-0.39, 0.29) is 24.2 Å². The van der Waals surface area contributed by atoms with Crippen LogP contribution in [0.2, 0.25) is 0 Å². The minimum atomic E-state index is -0.284. The Labute approximate surface area is 112 Å². The van der Waals surface area contributed by atoms with Gasteiger partial charge in [-0.25, -0.2) is 0 Å². The van der Waals surface area contributed by atoms with E-state index in [1.807, 2.05) is 24.3 Å². The third-order valence-corrected chi connectivity index (χ3v) is 3.08. The van der Waals surface area contributed by atoms with Crippen LogP contribution in [-0.2, 0) is 14.3 Å². The Morgan fingerprint density at radius 2 is 2.21 bits per heavy atom. The van der Waals surface area contributed by atoms with E-state index in [0.29, 0.717) is 19.7 Å². The summed E-state index contributed by atoms with van der Waals surface area (Å²) in [5, 5.41) is 5.97. The number of rotatable bonds is 5. The second-order valence-electron chi connectivity index (χ2n) is 4.37. The highest BCUT2D eigenvalue weighted by atomic mass is 16.5.